The topological polar surface area (TPSA) is 87.9 Å². The number of nitriles is 1. The first-order chi connectivity index (χ1) is 19.4. The fourth-order valence-electron chi connectivity index (χ4n) is 4.35. The van der Waals surface area contributed by atoms with E-state index in [1.807, 2.05) is 6.92 Å². The van der Waals surface area contributed by atoms with Crippen molar-refractivity contribution in [1.82, 2.24) is 4.98 Å². The highest BCUT2D eigenvalue weighted by molar-refractivity contribution is 7.81. The summed E-state index contributed by atoms with van der Waals surface area (Å²) in [5.74, 6) is -2.11. The molecule has 0 atom stereocenters. The molecule has 1 saturated heterocycles. The number of anilines is 2. The number of aromatic nitrogens is 1. The van der Waals surface area contributed by atoms with Gasteiger partial charge >= 0.3 is 6.18 Å². The van der Waals surface area contributed by atoms with Crippen molar-refractivity contribution >= 4 is 34.6 Å². The number of carbonyl (C=O) groups is 1. The van der Waals surface area contributed by atoms with Crippen molar-refractivity contribution in [3.63, 3.8) is 0 Å². The molecule has 1 aliphatic heterocycles. The van der Waals surface area contributed by atoms with Gasteiger partial charge in [0.25, 0.3) is 5.91 Å². The van der Waals surface area contributed by atoms with Crippen molar-refractivity contribution in [3.8, 4) is 11.9 Å². The van der Waals surface area contributed by atoms with Crippen LogP contribution in [0.2, 0.25) is 0 Å². The zero-order valence-electron chi connectivity index (χ0n) is 23.3. The molecule has 1 aromatic carbocycles. The minimum absolute atomic E-state index is 0.229. The van der Waals surface area contributed by atoms with Crippen LogP contribution in [0.25, 0.3) is 0 Å². The van der Waals surface area contributed by atoms with Crippen molar-refractivity contribution in [2.24, 2.45) is 0 Å². The molecule has 3 rings (SSSR count). The average Bonchev–Trinajstić information content (AvgIpc) is 3.08. The van der Waals surface area contributed by atoms with Crippen molar-refractivity contribution in [1.29, 1.82) is 5.26 Å². The number of aryl methyl sites for hydroxylation is 1. The van der Waals surface area contributed by atoms with Gasteiger partial charge in [-0.25, -0.2) is 9.37 Å². The number of hydrogen-bond donors (Lipinski definition) is 0. The Labute approximate surface area is 241 Å². The molecule has 1 aliphatic rings. The molecule has 0 N–H and O–H groups in total. The van der Waals surface area contributed by atoms with E-state index in [4.69, 9.17) is 31.7 Å². The number of ether oxygens (including phenoxy) is 3. The van der Waals surface area contributed by atoms with Crippen LogP contribution in [0.3, 0.4) is 0 Å². The maximum atomic E-state index is 15.2. The molecule has 8 nitrogen and oxygen atoms in total. The predicted molar refractivity (Wildman–Crippen MR) is 148 cm³/mol. The number of unbranched alkanes of at least 4 members (excludes halogenated alkanes) is 1. The molecular weight excluding hydrogens is 564 g/mol. The molecule has 0 bridgehead atoms. The first-order valence-corrected chi connectivity index (χ1v) is 13.5. The largest absolute Gasteiger partial charge is 0.477 e. The summed E-state index contributed by atoms with van der Waals surface area (Å²) >= 11 is 5.48. The normalized spacial score (nSPS) is 15.0. The van der Waals surface area contributed by atoms with Crippen LogP contribution in [0.5, 0.6) is 5.88 Å². The van der Waals surface area contributed by atoms with Gasteiger partial charge in [0.15, 0.2) is 10.9 Å². The second kappa shape index (κ2) is 13.5. The molecular formula is C28H32F4N4O4S. The maximum absolute atomic E-state index is 15.2. The van der Waals surface area contributed by atoms with E-state index in [0.29, 0.717) is 50.2 Å². The fraction of sp³-hybridized carbons (Fsp3) is 0.500. The molecule has 0 saturated carbocycles. The van der Waals surface area contributed by atoms with E-state index in [9.17, 15) is 18.0 Å². The van der Waals surface area contributed by atoms with E-state index in [2.05, 4.69) is 4.98 Å². The molecule has 0 aliphatic carbocycles. The summed E-state index contributed by atoms with van der Waals surface area (Å²) in [6.45, 7) is 9.77. The Morgan fingerprint density at radius 2 is 1.76 bits per heavy atom. The van der Waals surface area contributed by atoms with Crippen LogP contribution in [-0.4, -0.2) is 54.6 Å². The van der Waals surface area contributed by atoms with E-state index in [0.717, 1.165) is 36.3 Å². The van der Waals surface area contributed by atoms with Crippen LogP contribution in [0.1, 0.15) is 56.7 Å². The average molecular weight is 597 g/mol. The second-order valence-electron chi connectivity index (χ2n) is 9.78. The highest BCUT2D eigenvalue weighted by Crippen LogP contribution is 2.42. The van der Waals surface area contributed by atoms with Crippen LogP contribution >= 0.6 is 12.2 Å². The van der Waals surface area contributed by atoms with Gasteiger partial charge in [0.2, 0.25) is 5.88 Å². The number of pyridine rings is 1. The lowest BCUT2D eigenvalue weighted by molar-refractivity contribution is -0.140. The summed E-state index contributed by atoms with van der Waals surface area (Å²) < 4.78 is 72.6. The van der Waals surface area contributed by atoms with Crippen molar-refractivity contribution in [3.05, 3.63) is 46.9 Å². The number of thiocarbonyl (C=S) groups is 1. The molecule has 1 fully saturated rings. The maximum Gasteiger partial charge on any atom is 0.420 e. The standard InChI is InChI=1S/C28H32F4N4O4S/c1-5-38-12-8-13-39-11-6-7-14-40-24-18(2)15-20(17-34-24)36-26(41)35(25(37)27(36,3)4)21-10-9-19(16-33)22(23(21)29)28(30,31)32/h9-10,15,17H,5-8,11-14H2,1-4H3. The number of carbonyl (C=O) groups excluding carboxylic acids is 1. The zero-order valence-corrected chi connectivity index (χ0v) is 24.1. The summed E-state index contributed by atoms with van der Waals surface area (Å²) in [4.78, 5) is 19.9. The predicted octanol–water partition coefficient (Wildman–Crippen LogP) is 5.94. The van der Waals surface area contributed by atoms with E-state index >= 15 is 4.39 Å². The Balaban J connectivity index is 1.72. The first-order valence-electron chi connectivity index (χ1n) is 13.1. The number of alkyl halides is 3. The zero-order chi connectivity index (χ0) is 30.4. The lowest BCUT2D eigenvalue weighted by Crippen LogP contribution is -2.44. The van der Waals surface area contributed by atoms with Crippen molar-refractivity contribution in [2.75, 3.05) is 42.8 Å². The van der Waals surface area contributed by atoms with Gasteiger partial charge in [0.1, 0.15) is 11.1 Å². The first kappa shape index (κ1) is 32.2. The number of amides is 1. The van der Waals surface area contributed by atoms with Gasteiger partial charge in [0.05, 0.1) is 35.8 Å². The van der Waals surface area contributed by atoms with E-state index < -0.39 is 40.3 Å². The quantitative estimate of drug-likeness (QED) is 0.160. The van der Waals surface area contributed by atoms with Crippen molar-refractivity contribution < 1.29 is 36.6 Å². The van der Waals surface area contributed by atoms with Crippen LogP contribution < -0.4 is 14.5 Å². The van der Waals surface area contributed by atoms with Gasteiger partial charge in [-0.05, 0) is 77.4 Å². The molecule has 2 heterocycles. The van der Waals surface area contributed by atoms with Crippen molar-refractivity contribution in [2.45, 2.75) is 58.7 Å². The molecule has 0 radical (unpaired) electrons. The van der Waals surface area contributed by atoms with Gasteiger partial charge < -0.3 is 19.1 Å². The van der Waals surface area contributed by atoms with E-state index in [1.165, 1.54) is 31.0 Å². The molecule has 13 heteroatoms. The summed E-state index contributed by atoms with van der Waals surface area (Å²) in [6.07, 6.45) is -1.32. The van der Waals surface area contributed by atoms with Crippen LogP contribution in [0.15, 0.2) is 24.4 Å². The minimum Gasteiger partial charge on any atom is -0.477 e. The monoisotopic (exact) mass is 596 g/mol. The van der Waals surface area contributed by atoms with E-state index in [-0.39, 0.29) is 5.11 Å². The fourth-order valence-corrected chi connectivity index (χ4v) is 4.87. The van der Waals surface area contributed by atoms with Crippen LogP contribution in [0, 0.1) is 24.1 Å². The number of hydrogen-bond acceptors (Lipinski definition) is 7. The number of nitrogens with zero attached hydrogens (tertiary/aromatic N) is 4. The SMILES string of the molecule is CCOCCCOCCCCOc1ncc(N2C(=S)N(c3ccc(C#N)c(C(F)(F)F)c3F)C(=O)C2(C)C)cc1C. The molecule has 41 heavy (non-hydrogen) atoms. The van der Waals surface area contributed by atoms with E-state index in [1.54, 1.807) is 13.0 Å². The molecule has 0 unspecified atom stereocenters. The van der Waals surface area contributed by atoms with Gasteiger partial charge in [-0.3, -0.25) is 9.69 Å². The summed E-state index contributed by atoms with van der Waals surface area (Å²) in [5.41, 5.74) is -3.70. The Morgan fingerprint density at radius 3 is 2.39 bits per heavy atom. The lowest BCUT2D eigenvalue weighted by Gasteiger charge is -2.29. The smallest absolute Gasteiger partial charge is 0.420 e. The third kappa shape index (κ3) is 7.12. The second-order valence-corrected chi connectivity index (χ2v) is 10.1. The Kier molecular flexibility index (Phi) is 10.6. The molecule has 2 aromatic rings. The minimum atomic E-state index is -5.15. The summed E-state index contributed by atoms with van der Waals surface area (Å²) in [7, 11) is 0. The third-order valence-electron chi connectivity index (χ3n) is 6.41. The third-order valence-corrected chi connectivity index (χ3v) is 6.78. The van der Waals surface area contributed by atoms with Gasteiger partial charge in [0, 0.05) is 32.0 Å². The molecule has 1 aromatic heterocycles. The number of halogens is 4. The highest BCUT2D eigenvalue weighted by atomic mass is 32.1. The molecule has 222 valence electrons. The van der Waals surface area contributed by atoms with Gasteiger partial charge in [-0.1, -0.05) is 0 Å². The lowest BCUT2D eigenvalue weighted by atomic mass is 10.0. The number of benzene rings is 1. The Morgan fingerprint density at radius 1 is 1.10 bits per heavy atom. The Bertz CT molecular complexity index is 1310. The Hall–Kier alpha value is -3.34. The molecule has 1 amide bonds. The van der Waals surface area contributed by atoms with Gasteiger partial charge in [-0.15, -0.1) is 0 Å². The van der Waals surface area contributed by atoms with Gasteiger partial charge in [-0.2, -0.15) is 18.4 Å². The molecule has 0 spiro atoms. The highest BCUT2D eigenvalue weighted by Gasteiger charge is 2.52. The van der Waals surface area contributed by atoms with Crippen LogP contribution in [0.4, 0.5) is 28.9 Å². The number of rotatable bonds is 13. The summed E-state index contributed by atoms with van der Waals surface area (Å²) in [5, 5.41) is 8.84. The van der Waals surface area contributed by atoms with Crippen LogP contribution in [-0.2, 0) is 20.4 Å². The summed E-state index contributed by atoms with van der Waals surface area (Å²) in [6, 6.07) is 4.79.